The first kappa shape index (κ1) is 22.8. The number of allylic oxidation sites excluding steroid dienone is 1. The minimum Gasteiger partial charge on any atom is -0.497 e. The number of carbonyl (C=O) groups excluding carboxylic acids is 2. The Hall–Kier alpha value is -4.01. The average Bonchev–Trinajstić information content (AvgIpc) is 3.17. The predicted molar refractivity (Wildman–Crippen MR) is 126 cm³/mol. The fraction of sp³-hybridized carbons (Fsp3) is 0.154. The van der Waals surface area contributed by atoms with Crippen LogP contribution in [0.4, 0.5) is 0 Å². The Morgan fingerprint density at radius 1 is 1.00 bits per heavy atom. The monoisotopic (exact) mass is 494 g/mol. The number of hydrogen-bond donors (Lipinski definition) is 0. The number of benzene rings is 3. The van der Waals surface area contributed by atoms with Crippen molar-refractivity contribution in [2.45, 2.75) is 6.61 Å². The first-order valence-electron chi connectivity index (χ1n) is 10.5. The van der Waals surface area contributed by atoms with Crippen LogP contribution in [0.3, 0.4) is 0 Å². The van der Waals surface area contributed by atoms with Crippen LogP contribution in [0.15, 0.2) is 54.3 Å². The van der Waals surface area contributed by atoms with Gasteiger partial charge in [-0.2, -0.15) is 0 Å². The molecular weight excluding hydrogens is 476 g/mol. The molecule has 9 heteroatoms. The zero-order valence-corrected chi connectivity index (χ0v) is 19.5. The topological polar surface area (TPSA) is 89.5 Å². The van der Waals surface area contributed by atoms with E-state index in [1.807, 2.05) is 0 Å². The molecule has 0 spiro atoms. The lowest BCUT2D eigenvalue weighted by Gasteiger charge is -2.20. The number of fused-ring (bicyclic) bond motifs is 2. The first-order valence-corrected chi connectivity index (χ1v) is 10.9. The number of carbonyl (C=O) groups is 2. The van der Waals surface area contributed by atoms with Gasteiger partial charge in [0.05, 0.1) is 32.0 Å². The van der Waals surface area contributed by atoms with Crippen LogP contribution in [0.2, 0.25) is 5.02 Å². The van der Waals surface area contributed by atoms with E-state index in [0.29, 0.717) is 40.0 Å². The van der Waals surface area contributed by atoms with E-state index >= 15 is 0 Å². The predicted octanol–water partition coefficient (Wildman–Crippen LogP) is 5.06. The minimum atomic E-state index is -0.618. The molecular formula is C26H19ClO8. The number of hydrogen-bond acceptors (Lipinski definition) is 8. The molecule has 0 fully saturated rings. The molecule has 0 atom stereocenters. The summed E-state index contributed by atoms with van der Waals surface area (Å²) in [5.74, 6) is 1.15. The third-order valence-corrected chi connectivity index (χ3v) is 5.65. The number of esters is 1. The van der Waals surface area contributed by atoms with Gasteiger partial charge in [0.1, 0.15) is 28.7 Å². The molecule has 2 aliphatic heterocycles. The Morgan fingerprint density at radius 3 is 2.51 bits per heavy atom. The summed E-state index contributed by atoms with van der Waals surface area (Å²) >= 11 is 6.22. The molecule has 0 aromatic heterocycles. The number of ketones is 1. The maximum Gasteiger partial charge on any atom is 0.343 e. The Labute approximate surface area is 205 Å². The summed E-state index contributed by atoms with van der Waals surface area (Å²) in [6.45, 7) is 0.461. The van der Waals surface area contributed by atoms with Crippen LogP contribution in [-0.2, 0) is 11.3 Å². The van der Waals surface area contributed by atoms with Crippen molar-refractivity contribution >= 4 is 29.4 Å². The van der Waals surface area contributed by atoms with E-state index in [0.717, 1.165) is 5.56 Å². The molecule has 8 nitrogen and oxygen atoms in total. The van der Waals surface area contributed by atoms with E-state index in [9.17, 15) is 9.59 Å². The third kappa shape index (κ3) is 4.53. The second-order valence-electron chi connectivity index (χ2n) is 7.68. The van der Waals surface area contributed by atoms with Crippen LogP contribution in [0.5, 0.6) is 28.7 Å². The summed E-state index contributed by atoms with van der Waals surface area (Å²) in [6, 6.07) is 12.7. The van der Waals surface area contributed by atoms with Gasteiger partial charge >= 0.3 is 5.97 Å². The SMILES string of the molecule is COc1cc(OC)cc(C(=O)Oc2ccc3c(c2)OC(=Cc2cc(Cl)cc4c2OCOC4)C3=O)c1. The van der Waals surface area contributed by atoms with Gasteiger partial charge in [-0.05, 0) is 42.5 Å². The minimum absolute atomic E-state index is 0.0977. The maximum atomic E-state index is 12.9. The molecule has 3 aromatic carbocycles. The highest BCUT2D eigenvalue weighted by Gasteiger charge is 2.29. The van der Waals surface area contributed by atoms with Gasteiger partial charge in [-0.1, -0.05) is 11.6 Å². The molecule has 35 heavy (non-hydrogen) atoms. The lowest BCUT2D eigenvalue weighted by molar-refractivity contribution is -0.0165. The molecule has 2 aliphatic rings. The number of ether oxygens (including phenoxy) is 6. The first-order chi connectivity index (χ1) is 16.9. The molecule has 0 N–H and O–H groups in total. The highest BCUT2D eigenvalue weighted by Crippen LogP contribution is 2.38. The largest absolute Gasteiger partial charge is 0.497 e. The van der Waals surface area contributed by atoms with Crippen molar-refractivity contribution in [1.29, 1.82) is 0 Å². The quantitative estimate of drug-likeness (QED) is 0.276. The third-order valence-electron chi connectivity index (χ3n) is 5.43. The molecule has 0 amide bonds. The fourth-order valence-electron chi connectivity index (χ4n) is 3.78. The summed E-state index contributed by atoms with van der Waals surface area (Å²) in [7, 11) is 2.98. The lowest BCUT2D eigenvalue weighted by Crippen LogP contribution is -2.12. The zero-order valence-electron chi connectivity index (χ0n) is 18.8. The van der Waals surface area contributed by atoms with Crippen LogP contribution < -0.4 is 23.7 Å². The Bertz CT molecular complexity index is 1360. The average molecular weight is 495 g/mol. The maximum absolute atomic E-state index is 12.9. The number of methoxy groups -OCH3 is 2. The molecule has 0 unspecified atom stereocenters. The molecule has 0 radical (unpaired) electrons. The van der Waals surface area contributed by atoms with Gasteiger partial charge in [0, 0.05) is 28.3 Å². The van der Waals surface area contributed by atoms with Gasteiger partial charge in [0.15, 0.2) is 12.6 Å². The summed E-state index contributed by atoms with van der Waals surface area (Å²) in [4.78, 5) is 25.6. The second-order valence-corrected chi connectivity index (χ2v) is 8.12. The Morgan fingerprint density at radius 2 is 1.77 bits per heavy atom. The molecule has 0 bridgehead atoms. The summed E-state index contributed by atoms with van der Waals surface area (Å²) < 4.78 is 32.6. The second kappa shape index (κ2) is 9.32. The highest BCUT2D eigenvalue weighted by molar-refractivity contribution is 6.31. The molecule has 3 aromatic rings. The Balaban J connectivity index is 1.39. The molecule has 0 aliphatic carbocycles. The number of halogens is 1. The standard InChI is InChI=1S/C26H19ClO8/c1-30-19-7-15(8-20(10-19)31-2)26(29)34-18-3-4-21-22(11-18)35-23(24(21)28)9-14-5-17(27)6-16-12-32-13-33-25(14)16/h3-11H,12-13H2,1-2H3. The van der Waals surface area contributed by atoms with Crippen molar-refractivity contribution in [2.75, 3.05) is 21.0 Å². The van der Waals surface area contributed by atoms with Gasteiger partial charge in [-0.25, -0.2) is 4.79 Å². The molecule has 0 saturated heterocycles. The lowest BCUT2D eigenvalue weighted by atomic mass is 10.1. The van der Waals surface area contributed by atoms with Crippen LogP contribution in [-0.4, -0.2) is 32.8 Å². The van der Waals surface area contributed by atoms with Gasteiger partial charge in [-0.3, -0.25) is 4.79 Å². The number of rotatable bonds is 5. The normalized spacial score (nSPS) is 15.1. The van der Waals surface area contributed by atoms with E-state index < -0.39 is 5.97 Å². The molecule has 5 rings (SSSR count). The van der Waals surface area contributed by atoms with Gasteiger partial charge in [0.2, 0.25) is 5.78 Å². The van der Waals surface area contributed by atoms with Crippen molar-refractivity contribution in [3.63, 3.8) is 0 Å². The smallest absolute Gasteiger partial charge is 0.343 e. The van der Waals surface area contributed by atoms with Gasteiger partial charge < -0.3 is 28.4 Å². The van der Waals surface area contributed by atoms with E-state index in [1.165, 1.54) is 38.5 Å². The summed E-state index contributed by atoms with van der Waals surface area (Å²) in [5.41, 5.74) is 1.97. The van der Waals surface area contributed by atoms with Crippen molar-refractivity contribution < 1.29 is 38.0 Å². The molecule has 2 heterocycles. The van der Waals surface area contributed by atoms with Crippen molar-refractivity contribution in [2.24, 2.45) is 0 Å². The van der Waals surface area contributed by atoms with E-state index in [2.05, 4.69) is 0 Å². The van der Waals surface area contributed by atoms with E-state index in [4.69, 9.17) is 40.0 Å². The molecule has 178 valence electrons. The van der Waals surface area contributed by atoms with Crippen molar-refractivity contribution in [3.05, 3.63) is 81.6 Å². The summed E-state index contributed by atoms with van der Waals surface area (Å²) in [5, 5.41) is 0.482. The fourth-order valence-corrected chi connectivity index (χ4v) is 4.03. The van der Waals surface area contributed by atoms with E-state index in [-0.39, 0.29) is 35.4 Å². The van der Waals surface area contributed by atoms with E-state index in [1.54, 1.807) is 30.3 Å². The zero-order chi connectivity index (χ0) is 24.5. The van der Waals surface area contributed by atoms with Crippen LogP contribution in [0, 0.1) is 0 Å². The van der Waals surface area contributed by atoms with Gasteiger partial charge in [-0.15, -0.1) is 0 Å². The van der Waals surface area contributed by atoms with Crippen molar-refractivity contribution in [3.8, 4) is 28.7 Å². The highest BCUT2D eigenvalue weighted by atomic mass is 35.5. The van der Waals surface area contributed by atoms with Crippen LogP contribution in [0.25, 0.3) is 6.08 Å². The van der Waals surface area contributed by atoms with Crippen LogP contribution in [0.1, 0.15) is 31.8 Å². The molecule has 0 saturated carbocycles. The van der Waals surface area contributed by atoms with Crippen molar-refractivity contribution in [1.82, 2.24) is 0 Å². The van der Waals surface area contributed by atoms with Gasteiger partial charge in [0.25, 0.3) is 0 Å². The number of Topliss-reactive ketones (excluding diaryl/α,β-unsaturated/α-hetero) is 1. The summed E-state index contributed by atoms with van der Waals surface area (Å²) in [6.07, 6.45) is 1.58. The Kier molecular flexibility index (Phi) is 6.07. The van der Waals surface area contributed by atoms with Crippen LogP contribution >= 0.6 is 11.6 Å².